The summed E-state index contributed by atoms with van der Waals surface area (Å²) in [5.74, 6) is 1.45. The molecule has 0 aromatic heterocycles. The molecule has 0 aliphatic carbocycles. The first-order valence-electron chi connectivity index (χ1n) is 11.7. The number of piperazine rings is 1. The summed E-state index contributed by atoms with van der Waals surface area (Å²) in [4.78, 5) is 3.95. The number of phenolic OH excluding ortho intramolecular Hbond substituents is 1. The van der Waals surface area contributed by atoms with Crippen molar-refractivity contribution in [2.45, 2.75) is 65.8 Å². The van der Waals surface area contributed by atoms with Gasteiger partial charge in [0.1, 0.15) is 18.0 Å². The van der Waals surface area contributed by atoms with E-state index in [1.807, 2.05) is 13.0 Å². The maximum atomic E-state index is 11.1. The molecule has 2 aromatic rings. The summed E-state index contributed by atoms with van der Waals surface area (Å²) in [6.45, 7) is 20.9. The third kappa shape index (κ3) is 5.54. The molecule has 4 heteroatoms. The third-order valence-corrected chi connectivity index (χ3v) is 6.28. The lowest BCUT2D eigenvalue weighted by Gasteiger charge is -2.35. The number of rotatable bonds is 5. The number of ether oxygens (including phenoxy) is 1. The minimum atomic E-state index is -0.0862. The van der Waals surface area contributed by atoms with Gasteiger partial charge in [-0.1, -0.05) is 59.7 Å². The lowest BCUT2D eigenvalue weighted by molar-refractivity contribution is -0.914. The van der Waals surface area contributed by atoms with Gasteiger partial charge in [0.05, 0.1) is 38.5 Å². The SMILES string of the molecule is CCOc1ccccc1N1CC[NH+](Cc2cc(C(C)(C)C)cc(C(C)(C)C)c2O)CC1. The average Bonchev–Trinajstić information content (AvgIpc) is 2.69. The molecule has 31 heavy (non-hydrogen) atoms. The zero-order valence-corrected chi connectivity index (χ0v) is 20.5. The summed E-state index contributed by atoms with van der Waals surface area (Å²) in [7, 11) is 0. The second-order valence-corrected chi connectivity index (χ2v) is 10.8. The van der Waals surface area contributed by atoms with E-state index in [1.54, 1.807) is 0 Å². The fourth-order valence-corrected chi connectivity index (χ4v) is 4.34. The number of aromatic hydroxyl groups is 1. The molecule has 1 aliphatic rings. The molecule has 0 amide bonds. The van der Waals surface area contributed by atoms with Crippen LogP contribution in [0.4, 0.5) is 5.69 Å². The summed E-state index contributed by atoms with van der Waals surface area (Å²) in [5, 5.41) is 11.1. The fourth-order valence-electron chi connectivity index (χ4n) is 4.34. The molecule has 0 saturated carbocycles. The highest BCUT2D eigenvalue weighted by atomic mass is 16.5. The Morgan fingerprint density at radius 1 is 0.968 bits per heavy atom. The summed E-state index contributed by atoms with van der Waals surface area (Å²) in [6, 6.07) is 12.8. The van der Waals surface area contributed by atoms with Crippen molar-refractivity contribution in [2.24, 2.45) is 0 Å². The van der Waals surface area contributed by atoms with E-state index in [2.05, 4.69) is 76.8 Å². The van der Waals surface area contributed by atoms with E-state index in [0.717, 1.165) is 49.6 Å². The summed E-state index contributed by atoms with van der Waals surface area (Å²) >= 11 is 0. The molecule has 170 valence electrons. The highest BCUT2D eigenvalue weighted by molar-refractivity contribution is 5.58. The number of quaternary nitrogens is 1. The van der Waals surface area contributed by atoms with Crippen molar-refractivity contribution < 1.29 is 14.7 Å². The van der Waals surface area contributed by atoms with E-state index in [1.165, 1.54) is 16.2 Å². The Morgan fingerprint density at radius 3 is 2.19 bits per heavy atom. The van der Waals surface area contributed by atoms with Crippen molar-refractivity contribution in [2.75, 3.05) is 37.7 Å². The normalized spacial score (nSPS) is 15.9. The van der Waals surface area contributed by atoms with Gasteiger partial charge in [-0.05, 0) is 41.5 Å². The molecule has 0 radical (unpaired) electrons. The topological polar surface area (TPSA) is 37.1 Å². The van der Waals surface area contributed by atoms with Crippen LogP contribution in [0, 0.1) is 0 Å². The summed E-state index contributed by atoms with van der Waals surface area (Å²) in [5.41, 5.74) is 4.59. The molecule has 0 unspecified atom stereocenters. The fraction of sp³-hybridized carbons (Fsp3) is 0.556. The molecule has 0 spiro atoms. The number of anilines is 1. The standard InChI is InChI=1S/C27H40N2O2/c1-8-31-24-12-10-9-11-23(24)29-15-13-28(14-16-29)19-20-17-21(26(2,3)4)18-22(25(20)30)27(5,6)7/h9-12,17-18,30H,8,13-16,19H2,1-7H3/p+1. The van der Waals surface area contributed by atoms with Gasteiger partial charge in [-0.3, -0.25) is 0 Å². The van der Waals surface area contributed by atoms with Crippen LogP contribution in [-0.4, -0.2) is 37.9 Å². The summed E-state index contributed by atoms with van der Waals surface area (Å²) in [6.07, 6.45) is 0. The lowest BCUT2D eigenvalue weighted by atomic mass is 9.79. The molecule has 1 saturated heterocycles. The maximum absolute atomic E-state index is 11.1. The molecular formula is C27H41N2O2+. The predicted molar refractivity (Wildman–Crippen MR) is 130 cm³/mol. The molecule has 2 N–H and O–H groups in total. The van der Waals surface area contributed by atoms with Crippen LogP contribution in [0.15, 0.2) is 36.4 Å². The molecule has 2 aromatic carbocycles. The van der Waals surface area contributed by atoms with Gasteiger partial charge in [0.2, 0.25) is 0 Å². The van der Waals surface area contributed by atoms with Gasteiger partial charge in [0.15, 0.2) is 0 Å². The van der Waals surface area contributed by atoms with Crippen LogP contribution in [0.25, 0.3) is 0 Å². The first-order valence-corrected chi connectivity index (χ1v) is 11.7. The number of nitrogens with one attached hydrogen (secondary N) is 1. The van der Waals surface area contributed by atoms with Crippen molar-refractivity contribution in [1.82, 2.24) is 0 Å². The van der Waals surface area contributed by atoms with Crippen LogP contribution in [0.1, 0.15) is 65.2 Å². The van der Waals surface area contributed by atoms with Crippen LogP contribution in [0.5, 0.6) is 11.5 Å². The number of benzene rings is 2. The van der Waals surface area contributed by atoms with Crippen molar-refractivity contribution in [3.63, 3.8) is 0 Å². The Kier molecular flexibility index (Phi) is 6.90. The summed E-state index contributed by atoms with van der Waals surface area (Å²) < 4.78 is 5.84. The Morgan fingerprint density at radius 2 is 1.61 bits per heavy atom. The van der Waals surface area contributed by atoms with Gasteiger partial charge >= 0.3 is 0 Å². The second kappa shape index (κ2) is 9.12. The first-order chi connectivity index (χ1) is 14.5. The Bertz CT molecular complexity index is 885. The van der Waals surface area contributed by atoms with Crippen LogP contribution in [-0.2, 0) is 17.4 Å². The van der Waals surface area contributed by atoms with Crippen molar-refractivity contribution in [3.8, 4) is 11.5 Å². The van der Waals surface area contributed by atoms with E-state index < -0.39 is 0 Å². The Hall–Kier alpha value is -2.20. The number of phenols is 1. The molecule has 0 atom stereocenters. The van der Waals surface area contributed by atoms with E-state index in [9.17, 15) is 5.11 Å². The van der Waals surface area contributed by atoms with Crippen molar-refractivity contribution in [1.29, 1.82) is 0 Å². The Labute approximate surface area is 188 Å². The number of hydrogen-bond acceptors (Lipinski definition) is 3. The molecule has 1 aliphatic heterocycles. The highest BCUT2D eigenvalue weighted by Gasteiger charge is 2.28. The molecule has 1 heterocycles. The van der Waals surface area contributed by atoms with Gasteiger partial charge in [0.25, 0.3) is 0 Å². The predicted octanol–water partition coefficient (Wildman–Crippen LogP) is 4.29. The highest BCUT2D eigenvalue weighted by Crippen LogP contribution is 2.37. The zero-order chi connectivity index (χ0) is 22.8. The van der Waals surface area contributed by atoms with Crippen molar-refractivity contribution in [3.05, 3.63) is 53.1 Å². The number of hydrogen-bond donors (Lipinski definition) is 2. The monoisotopic (exact) mass is 425 g/mol. The van der Waals surface area contributed by atoms with Crippen LogP contribution in [0.3, 0.4) is 0 Å². The van der Waals surface area contributed by atoms with Crippen LogP contribution >= 0.6 is 0 Å². The van der Waals surface area contributed by atoms with E-state index >= 15 is 0 Å². The van der Waals surface area contributed by atoms with Gasteiger partial charge in [0, 0.05) is 11.1 Å². The molecular weight excluding hydrogens is 384 g/mol. The van der Waals surface area contributed by atoms with Crippen LogP contribution < -0.4 is 14.5 Å². The average molecular weight is 426 g/mol. The van der Waals surface area contributed by atoms with Gasteiger partial charge in [-0.2, -0.15) is 0 Å². The third-order valence-electron chi connectivity index (χ3n) is 6.28. The minimum Gasteiger partial charge on any atom is -0.507 e. The van der Waals surface area contributed by atoms with Crippen molar-refractivity contribution >= 4 is 5.69 Å². The Balaban J connectivity index is 1.78. The van der Waals surface area contributed by atoms with Gasteiger partial charge < -0.3 is 19.6 Å². The lowest BCUT2D eigenvalue weighted by Crippen LogP contribution is -3.13. The van der Waals surface area contributed by atoms with E-state index in [4.69, 9.17) is 4.74 Å². The second-order valence-electron chi connectivity index (χ2n) is 10.8. The van der Waals surface area contributed by atoms with E-state index in [0.29, 0.717) is 12.4 Å². The number of nitrogens with zero attached hydrogens (tertiary/aromatic N) is 1. The van der Waals surface area contributed by atoms with Gasteiger partial charge in [-0.25, -0.2) is 0 Å². The molecule has 4 nitrogen and oxygen atoms in total. The zero-order valence-electron chi connectivity index (χ0n) is 20.5. The molecule has 1 fully saturated rings. The maximum Gasteiger partial charge on any atom is 0.142 e. The first kappa shape index (κ1) is 23.5. The minimum absolute atomic E-state index is 0.0550. The number of para-hydroxylation sites is 2. The van der Waals surface area contributed by atoms with Crippen LogP contribution in [0.2, 0.25) is 0 Å². The van der Waals surface area contributed by atoms with E-state index in [-0.39, 0.29) is 10.8 Å². The molecule has 0 bridgehead atoms. The smallest absolute Gasteiger partial charge is 0.142 e. The van der Waals surface area contributed by atoms with Gasteiger partial charge in [-0.15, -0.1) is 0 Å². The quantitative estimate of drug-likeness (QED) is 0.750. The largest absolute Gasteiger partial charge is 0.507 e. The molecule has 3 rings (SSSR count).